The predicted molar refractivity (Wildman–Crippen MR) is 69.1 cm³/mol. The maximum absolute atomic E-state index is 11.0. The lowest BCUT2D eigenvalue weighted by Gasteiger charge is -2.04. The fourth-order valence-electron chi connectivity index (χ4n) is 1.84. The molecule has 1 N–H and O–H groups in total. The molecule has 0 unspecified atom stereocenters. The van der Waals surface area contributed by atoms with Gasteiger partial charge in [-0.25, -0.2) is 0 Å². The number of benzene rings is 1. The van der Waals surface area contributed by atoms with Gasteiger partial charge in [0.05, 0.1) is 17.9 Å². The monoisotopic (exact) mass is 244 g/mol. The van der Waals surface area contributed by atoms with Crippen LogP contribution in [0.15, 0.2) is 24.3 Å². The number of aryl methyl sites for hydroxylation is 1. The molecule has 18 heavy (non-hydrogen) atoms. The predicted octanol–water partition coefficient (Wildman–Crippen LogP) is 2.52. The molecule has 0 aliphatic heterocycles. The van der Waals surface area contributed by atoms with Crippen molar-refractivity contribution in [3.63, 3.8) is 0 Å². The molecule has 4 nitrogen and oxygen atoms in total. The molecular weight excluding hydrogens is 228 g/mol. The van der Waals surface area contributed by atoms with E-state index in [-0.39, 0.29) is 0 Å². The standard InChI is InChI=1S/C14H16N2O2/c1-3-18-12-6-4-11(5-7-12)8-14-13(9-17)10(2)15-16-14/h4-7,9H,3,8H2,1-2H3,(H,15,16). The molecule has 94 valence electrons. The van der Waals surface area contributed by atoms with Gasteiger partial charge in [0.2, 0.25) is 0 Å². The number of aromatic amines is 1. The molecule has 0 saturated heterocycles. The minimum atomic E-state index is 0.644. The van der Waals surface area contributed by atoms with Crippen LogP contribution in [-0.2, 0) is 6.42 Å². The summed E-state index contributed by atoms with van der Waals surface area (Å²) in [6.07, 6.45) is 1.49. The Kier molecular flexibility index (Phi) is 3.77. The van der Waals surface area contributed by atoms with E-state index in [1.54, 1.807) is 0 Å². The Hall–Kier alpha value is -2.10. The van der Waals surface area contributed by atoms with Crippen LogP contribution < -0.4 is 4.74 Å². The SMILES string of the molecule is CCOc1ccc(Cc2n[nH]c(C)c2C=O)cc1. The van der Waals surface area contributed by atoms with E-state index in [1.807, 2.05) is 38.1 Å². The van der Waals surface area contributed by atoms with E-state index in [0.717, 1.165) is 29.0 Å². The van der Waals surface area contributed by atoms with E-state index in [1.165, 1.54) is 0 Å². The Bertz CT molecular complexity index is 529. The lowest BCUT2D eigenvalue weighted by molar-refractivity contribution is 0.112. The van der Waals surface area contributed by atoms with Crippen molar-refractivity contribution in [2.24, 2.45) is 0 Å². The third-order valence-corrected chi connectivity index (χ3v) is 2.80. The van der Waals surface area contributed by atoms with Crippen LogP contribution in [-0.4, -0.2) is 23.1 Å². The Labute approximate surface area is 106 Å². The molecule has 0 aliphatic carbocycles. The van der Waals surface area contributed by atoms with Gasteiger partial charge in [-0.3, -0.25) is 9.89 Å². The van der Waals surface area contributed by atoms with Gasteiger partial charge in [-0.2, -0.15) is 5.10 Å². The number of carbonyl (C=O) groups excluding carboxylic acids is 1. The smallest absolute Gasteiger partial charge is 0.153 e. The number of aldehydes is 1. The second kappa shape index (κ2) is 5.49. The molecule has 4 heteroatoms. The molecule has 2 aromatic rings. The van der Waals surface area contributed by atoms with Gasteiger partial charge in [0.25, 0.3) is 0 Å². The van der Waals surface area contributed by atoms with Gasteiger partial charge < -0.3 is 4.74 Å². The molecule has 1 aromatic heterocycles. The number of nitrogens with one attached hydrogen (secondary N) is 1. The molecule has 1 aromatic carbocycles. The number of carbonyl (C=O) groups is 1. The number of rotatable bonds is 5. The van der Waals surface area contributed by atoms with Crippen molar-refractivity contribution in [3.05, 3.63) is 46.8 Å². The van der Waals surface area contributed by atoms with Crippen molar-refractivity contribution in [1.82, 2.24) is 10.2 Å². The molecule has 0 spiro atoms. The summed E-state index contributed by atoms with van der Waals surface area (Å²) in [5.41, 5.74) is 3.36. The van der Waals surface area contributed by atoms with Crippen LogP contribution >= 0.6 is 0 Å². The summed E-state index contributed by atoms with van der Waals surface area (Å²) < 4.78 is 5.38. The number of hydrogen-bond acceptors (Lipinski definition) is 3. The van der Waals surface area contributed by atoms with Crippen LogP contribution in [0.3, 0.4) is 0 Å². The van der Waals surface area contributed by atoms with Crippen LogP contribution in [0.1, 0.15) is 34.2 Å². The van der Waals surface area contributed by atoms with Gasteiger partial charge in [-0.1, -0.05) is 12.1 Å². The van der Waals surface area contributed by atoms with Crippen LogP contribution in [0, 0.1) is 6.92 Å². The highest BCUT2D eigenvalue weighted by molar-refractivity contribution is 5.78. The van der Waals surface area contributed by atoms with E-state index in [0.29, 0.717) is 18.6 Å². The third kappa shape index (κ3) is 2.59. The minimum absolute atomic E-state index is 0.644. The quantitative estimate of drug-likeness (QED) is 0.822. The lowest BCUT2D eigenvalue weighted by atomic mass is 10.1. The molecule has 1 heterocycles. The second-order valence-electron chi connectivity index (χ2n) is 4.08. The highest BCUT2D eigenvalue weighted by Crippen LogP contribution is 2.16. The van der Waals surface area contributed by atoms with Crippen molar-refractivity contribution < 1.29 is 9.53 Å². The largest absolute Gasteiger partial charge is 0.494 e. The minimum Gasteiger partial charge on any atom is -0.494 e. The molecule has 2 rings (SSSR count). The summed E-state index contributed by atoms with van der Waals surface area (Å²) in [7, 11) is 0. The number of H-pyrrole nitrogens is 1. The normalized spacial score (nSPS) is 10.3. The van der Waals surface area contributed by atoms with Crippen molar-refractivity contribution >= 4 is 6.29 Å². The molecule has 0 atom stereocenters. The molecule has 0 radical (unpaired) electrons. The van der Waals surface area contributed by atoms with Gasteiger partial charge in [-0.05, 0) is 31.5 Å². The third-order valence-electron chi connectivity index (χ3n) is 2.80. The van der Waals surface area contributed by atoms with Crippen molar-refractivity contribution in [2.75, 3.05) is 6.61 Å². The van der Waals surface area contributed by atoms with Gasteiger partial charge in [-0.15, -0.1) is 0 Å². The van der Waals surface area contributed by atoms with E-state index in [4.69, 9.17) is 4.74 Å². The molecule has 0 amide bonds. The van der Waals surface area contributed by atoms with Crippen LogP contribution in [0.2, 0.25) is 0 Å². The van der Waals surface area contributed by atoms with Crippen molar-refractivity contribution in [3.8, 4) is 5.75 Å². The summed E-state index contributed by atoms with van der Waals surface area (Å²) in [4.78, 5) is 11.0. The Morgan fingerprint density at radius 1 is 1.33 bits per heavy atom. The van der Waals surface area contributed by atoms with Gasteiger partial charge in [0, 0.05) is 12.1 Å². The van der Waals surface area contributed by atoms with Crippen molar-refractivity contribution in [1.29, 1.82) is 0 Å². The summed E-state index contributed by atoms with van der Waals surface area (Å²) in [5.74, 6) is 0.857. The van der Waals surface area contributed by atoms with Crippen molar-refractivity contribution in [2.45, 2.75) is 20.3 Å². The number of aromatic nitrogens is 2. The van der Waals surface area contributed by atoms with E-state index >= 15 is 0 Å². The second-order valence-corrected chi connectivity index (χ2v) is 4.08. The Balaban J connectivity index is 2.15. The summed E-state index contributed by atoms with van der Waals surface area (Å²) in [5, 5.41) is 6.99. The lowest BCUT2D eigenvalue weighted by Crippen LogP contribution is -1.95. The van der Waals surface area contributed by atoms with Crippen LogP contribution in [0.25, 0.3) is 0 Å². The molecule has 0 fully saturated rings. The number of ether oxygens (including phenoxy) is 1. The first-order chi connectivity index (χ1) is 8.74. The zero-order valence-corrected chi connectivity index (χ0v) is 10.6. The number of nitrogens with zero attached hydrogens (tertiary/aromatic N) is 1. The van der Waals surface area contributed by atoms with Gasteiger partial charge >= 0.3 is 0 Å². The Morgan fingerprint density at radius 2 is 2.06 bits per heavy atom. The zero-order valence-electron chi connectivity index (χ0n) is 10.6. The average Bonchev–Trinajstić information content (AvgIpc) is 2.72. The van der Waals surface area contributed by atoms with E-state index in [9.17, 15) is 4.79 Å². The zero-order chi connectivity index (χ0) is 13.0. The van der Waals surface area contributed by atoms with Crippen LogP contribution in [0.5, 0.6) is 5.75 Å². The maximum atomic E-state index is 11.0. The highest BCUT2D eigenvalue weighted by atomic mass is 16.5. The first kappa shape index (κ1) is 12.4. The maximum Gasteiger partial charge on any atom is 0.153 e. The Morgan fingerprint density at radius 3 is 2.67 bits per heavy atom. The highest BCUT2D eigenvalue weighted by Gasteiger charge is 2.09. The van der Waals surface area contributed by atoms with Gasteiger partial charge in [0.1, 0.15) is 5.75 Å². The summed E-state index contributed by atoms with van der Waals surface area (Å²) >= 11 is 0. The molecule has 0 bridgehead atoms. The summed E-state index contributed by atoms with van der Waals surface area (Å²) in [6, 6.07) is 7.84. The molecular formula is C14H16N2O2. The summed E-state index contributed by atoms with van der Waals surface area (Å²) in [6.45, 7) is 4.46. The average molecular weight is 244 g/mol. The number of hydrogen-bond donors (Lipinski definition) is 1. The first-order valence-electron chi connectivity index (χ1n) is 5.95. The fourth-order valence-corrected chi connectivity index (χ4v) is 1.84. The van der Waals surface area contributed by atoms with E-state index in [2.05, 4.69) is 10.2 Å². The molecule has 0 aliphatic rings. The first-order valence-corrected chi connectivity index (χ1v) is 5.95. The fraction of sp³-hybridized carbons (Fsp3) is 0.286. The topological polar surface area (TPSA) is 55.0 Å². The van der Waals surface area contributed by atoms with Gasteiger partial charge in [0.15, 0.2) is 6.29 Å². The van der Waals surface area contributed by atoms with E-state index < -0.39 is 0 Å². The molecule has 0 saturated carbocycles. The van der Waals surface area contributed by atoms with Crippen LogP contribution in [0.4, 0.5) is 0 Å².